The van der Waals surface area contributed by atoms with Crippen molar-refractivity contribution in [2.75, 3.05) is 13.2 Å². The van der Waals surface area contributed by atoms with Gasteiger partial charge in [0.05, 0.1) is 18.8 Å². The van der Waals surface area contributed by atoms with Crippen LogP contribution in [0.1, 0.15) is 194 Å². The molecule has 1 saturated heterocycles. The summed E-state index contributed by atoms with van der Waals surface area (Å²) in [5.41, 5.74) is 0. The summed E-state index contributed by atoms with van der Waals surface area (Å²) in [5.74, 6) is -1.22. The maximum atomic E-state index is 13.0. The second kappa shape index (κ2) is 34.1. The summed E-state index contributed by atoms with van der Waals surface area (Å²) < 4.78 is 55.1. The molecule has 0 radical (unpaired) electrons. The fourth-order valence-electron chi connectivity index (χ4n) is 7.86. The summed E-state index contributed by atoms with van der Waals surface area (Å²) in [6, 6.07) is 0. The summed E-state index contributed by atoms with van der Waals surface area (Å²) in [7, 11) is -10.7. The van der Waals surface area contributed by atoms with Gasteiger partial charge in [-0.1, -0.05) is 154 Å². The lowest BCUT2D eigenvalue weighted by Crippen LogP contribution is -2.64. The zero-order valence-electron chi connectivity index (χ0n) is 38.7. The standard InChI is InChI=1S/C45H84O17P2/c1-3-5-7-8-9-10-11-12-13-14-15-16-21-24-28-32-39(47)59-35(34-58-64(55,56)62-45-42(50)40(48)41(49)44(43(45)51)61-63(52,53)54)33-57-38(46)31-27-23-20-18-17-19-22-26-30-37-36(60-37)29-25-6-4-2/h22,26,35-37,40-45,48-51H,3-21,23-25,27-34H2,1-2H3,(H,55,56)(H2,52,53,54)/b26-22-/t35-,36?,37?,40?,41?,42?,43?,44-,45+/m1/s1. The van der Waals surface area contributed by atoms with Crippen LogP contribution in [0, 0.1) is 0 Å². The highest BCUT2D eigenvalue weighted by atomic mass is 31.2. The Morgan fingerprint density at radius 2 is 1.05 bits per heavy atom. The molecule has 0 spiro atoms. The van der Waals surface area contributed by atoms with Crippen LogP contribution in [0.3, 0.4) is 0 Å². The van der Waals surface area contributed by atoms with Gasteiger partial charge in [-0.05, 0) is 38.5 Å². The second-order valence-corrected chi connectivity index (χ2v) is 20.2. The van der Waals surface area contributed by atoms with Crippen molar-refractivity contribution in [3.8, 4) is 0 Å². The minimum Gasteiger partial charge on any atom is -0.462 e. The molecule has 2 rings (SSSR count). The predicted molar refractivity (Wildman–Crippen MR) is 241 cm³/mol. The third-order valence-corrected chi connectivity index (χ3v) is 13.3. The molecule has 1 saturated carbocycles. The van der Waals surface area contributed by atoms with Crippen molar-refractivity contribution in [2.24, 2.45) is 0 Å². The van der Waals surface area contributed by atoms with Crippen LogP contribution in [-0.2, 0) is 46.5 Å². The van der Waals surface area contributed by atoms with Crippen LogP contribution < -0.4 is 0 Å². The topological polar surface area (TPSA) is 269 Å². The molecule has 7 unspecified atom stereocenters. The van der Waals surface area contributed by atoms with Crippen LogP contribution >= 0.6 is 15.6 Å². The Labute approximate surface area is 382 Å². The Bertz CT molecular complexity index is 1360. The van der Waals surface area contributed by atoms with Crippen LogP contribution in [0.4, 0.5) is 0 Å². The lowest BCUT2D eigenvalue weighted by Gasteiger charge is -2.43. The number of ether oxygens (including phenoxy) is 3. The highest BCUT2D eigenvalue weighted by molar-refractivity contribution is 7.47. The molecule has 0 aromatic rings. The van der Waals surface area contributed by atoms with E-state index in [9.17, 15) is 53.8 Å². The third kappa shape index (κ3) is 27.5. The van der Waals surface area contributed by atoms with Gasteiger partial charge >= 0.3 is 27.6 Å². The Morgan fingerprint density at radius 1 is 0.562 bits per heavy atom. The summed E-state index contributed by atoms with van der Waals surface area (Å²) in [5, 5.41) is 41.2. The van der Waals surface area contributed by atoms with Crippen LogP contribution in [0.2, 0.25) is 0 Å². The maximum absolute atomic E-state index is 13.0. The van der Waals surface area contributed by atoms with E-state index in [1.807, 2.05) is 0 Å². The number of carbonyl (C=O) groups is 2. The van der Waals surface area contributed by atoms with Gasteiger partial charge in [0.1, 0.15) is 43.2 Å². The summed E-state index contributed by atoms with van der Waals surface area (Å²) in [6.45, 7) is 3.08. The Morgan fingerprint density at radius 3 is 1.59 bits per heavy atom. The van der Waals surface area contributed by atoms with E-state index >= 15 is 0 Å². The molecule has 1 heterocycles. The van der Waals surface area contributed by atoms with Gasteiger partial charge in [0.25, 0.3) is 0 Å². The fraction of sp³-hybridized carbons (Fsp3) is 0.911. The molecule has 64 heavy (non-hydrogen) atoms. The van der Waals surface area contributed by atoms with Gasteiger partial charge in [-0.3, -0.25) is 23.2 Å². The van der Waals surface area contributed by atoms with Crippen molar-refractivity contribution in [3.05, 3.63) is 12.2 Å². The molecule has 0 aromatic carbocycles. The van der Waals surface area contributed by atoms with Crippen LogP contribution in [0.5, 0.6) is 0 Å². The number of unbranched alkanes of at least 4 members (excludes halogenated alkanes) is 21. The molecule has 10 atom stereocenters. The first-order valence-corrected chi connectivity index (χ1v) is 27.4. The van der Waals surface area contributed by atoms with E-state index in [-0.39, 0.29) is 12.8 Å². The second-order valence-electron chi connectivity index (χ2n) is 17.6. The molecular formula is C45H84O17P2. The van der Waals surface area contributed by atoms with Gasteiger partial charge in [0, 0.05) is 12.8 Å². The van der Waals surface area contributed by atoms with Crippen molar-refractivity contribution in [1.82, 2.24) is 0 Å². The average Bonchev–Trinajstić information content (AvgIpc) is 4.00. The van der Waals surface area contributed by atoms with Gasteiger partial charge < -0.3 is 49.3 Å². The molecule has 0 amide bonds. The lowest BCUT2D eigenvalue weighted by atomic mass is 9.85. The largest absolute Gasteiger partial charge is 0.472 e. The molecule has 19 heteroatoms. The number of aliphatic hydroxyl groups excluding tert-OH is 4. The third-order valence-electron chi connectivity index (χ3n) is 11.8. The first-order chi connectivity index (χ1) is 30.6. The van der Waals surface area contributed by atoms with E-state index < -0.39 is 83.5 Å². The maximum Gasteiger partial charge on any atom is 0.472 e. The molecule has 1 aliphatic carbocycles. The zero-order valence-corrected chi connectivity index (χ0v) is 40.5. The number of phosphoric ester groups is 2. The van der Waals surface area contributed by atoms with Crippen LogP contribution in [0.15, 0.2) is 12.2 Å². The number of allylic oxidation sites excluding steroid dienone is 1. The van der Waals surface area contributed by atoms with Gasteiger partial charge in [0.15, 0.2) is 6.10 Å². The first-order valence-electron chi connectivity index (χ1n) is 24.4. The minimum absolute atomic E-state index is 0.0436. The minimum atomic E-state index is -5.36. The van der Waals surface area contributed by atoms with Gasteiger partial charge in [-0.15, -0.1) is 0 Å². The number of epoxide rings is 1. The quantitative estimate of drug-likeness (QED) is 0.0100. The van der Waals surface area contributed by atoms with Crippen molar-refractivity contribution in [2.45, 2.75) is 249 Å². The summed E-state index contributed by atoms with van der Waals surface area (Å²) in [6.07, 6.45) is 19.1. The Hall–Kier alpha value is -1.30. The molecule has 7 N–H and O–H groups in total. The normalized spacial score (nSPS) is 25.0. The van der Waals surface area contributed by atoms with Gasteiger partial charge in [-0.2, -0.15) is 0 Å². The van der Waals surface area contributed by atoms with Crippen molar-refractivity contribution in [1.29, 1.82) is 0 Å². The van der Waals surface area contributed by atoms with E-state index in [4.69, 9.17) is 23.3 Å². The van der Waals surface area contributed by atoms with E-state index in [0.29, 0.717) is 25.0 Å². The van der Waals surface area contributed by atoms with Crippen LogP contribution in [-0.4, -0.2) is 115 Å². The van der Waals surface area contributed by atoms with Gasteiger partial charge in [-0.25, -0.2) is 9.13 Å². The molecule has 0 bridgehead atoms. The fourth-order valence-corrected chi connectivity index (χ4v) is 9.40. The van der Waals surface area contributed by atoms with Crippen molar-refractivity contribution >= 4 is 27.6 Å². The lowest BCUT2D eigenvalue weighted by molar-refractivity contribution is -0.216. The molecule has 0 aromatic heterocycles. The van der Waals surface area contributed by atoms with Crippen LogP contribution in [0.25, 0.3) is 0 Å². The van der Waals surface area contributed by atoms with E-state index in [0.717, 1.165) is 70.6 Å². The first kappa shape index (κ1) is 58.8. The van der Waals surface area contributed by atoms with Crippen molar-refractivity contribution < 1.29 is 81.6 Å². The SMILES string of the molecule is CCCCCCCCCCCCCCCCCC(=O)O[C@H](COC(=O)CCCCCCC/C=C\CC1OC1CCCCC)COP(=O)(O)O[C@H]1C(O)C(O)C(O)[C@@H](OP(=O)(O)O)C1O. The zero-order chi connectivity index (χ0) is 47.2. The number of hydrogen-bond donors (Lipinski definition) is 7. The summed E-state index contributed by atoms with van der Waals surface area (Å²) in [4.78, 5) is 54.3. The molecule has 376 valence electrons. The number of hydrogen-bond acceptors (Lipinski definition) is 14. The number of phosphoric acid groups is 2. The van der Waals surface area contributed by atoms with E-state index in [1.165, 1.54) is 83.5 Å². The summed E-state index contributed by atoms with van der Waals surface area (Å²) >= 11 is 0. The number of aliphatic hydroxyl groups is 4. The smallest absolute Gasteiger partial charge is 0.462 e. The van der Waals surface area contributed by atoms with E-state index in [2.05, 4.69) is 30.5 Å². The molecule has 2 fully saturated rings. The van der Waals surface area contributed by atoms with E-state index in [1.54, 1.807) is 0 Å². The number of rotatable bonds is 40. The highest BCUT2D eigenvalue weighted by Crippen LogP contribution is 2.49. The average molecular weight is 959 g/mol. The molecule has 2 aliphatic rings. The monoisotopic (exact) mass is 959 g/mol. The highest BCUT2D eigenvalue weighted by Gasteiger charge is 2.54. The molecule has 1 aliphatic heterocycles. The Kier molecular flexibility index (Phi) is 31.3. The van der Waals surface area contributed by atoms with Gasteiger partial charge in [0.2, 0.25) is 0 Å². The molecular weight excluding hydrogens is 874 g/mol. The van der Waals surface area contributed by atoms with Crippen molar-refractivity contribution in [3.63, 3.8) is 0 Å². The predicted octanol–water partition coefficient (Wildman–Crippen LogP) is 8.16. The number of esters is 2. The number of carbonyl (C=O) groups excluding carboxylic acids is 2. The Balaban J connectivity index is 1.78. The molecule has 17 nitrogen and oxygen atoms in total.